The van der Waals surface area contributed by atoms with Crippen LogP contribution in [0.15, 0.2) is 42.5 Å². The molecule has 0 radical (unpaired) electrons. The number of nitrogen functional groups attached to an aromatic ring is 1. The highest BCUT2D eigenvalue weighted by Gasteiger charge is 2.23. The molecule has 0 spiro atoms. The summed E-state index contributed by atoms with van der Waals surface area (Å²) in [6.45, 7) is 3.30. The van der Waals surface area contributed by atoms with Crippen molar-refractivity contribution >= 4 is 40.2 Å². The Kier molecular flexibility index (Phi) is 4.99. The van der Waals surface area contributed by atoms with Gasteiger partial charge in [-0.2, -0.15) is 0 Å². The number of fused-ring (bicyclic) bond motifs is 1. The molecule has 126 valence electrons. The van der Waals surface area contributed by atoms with Gasteiger partial charge in [0.1, 0.15) is 23.7 Å². The predicted octanol–water partition coefficient (Wildman–Crippen LogP) is 3.96. The van der Waals surface area contributed by atoms with Crippen LogP contribution in [0.5, 0.6) is 0 Å². The molecule has 1 atom stereocenters. The van der Waals surface area contributed by atoms with Gasteiger partial charge in [0.2, 0.25) is 0 Å². The minimum absolute atomic E-state index is 0.348. The molecule has 3 N–H and O–H groups in total. The number of nitrogens with two attached hydrogens (primary N) is 1. The fraction of sp³-hybridized carbons (Fsp3) is 0.278. The van der Waals surface area contributed by atoms with Crippen LogP contribution in [0.2, 0.25) is 10.0 Å². The summed E-state index contributed by atoms with van der Waals surface area (Å²) < 4.78 is 4.02. The molecule has 0 bridgehead atoms. The normalized spacial score (nSPS) is 12.7. The summed E-state index contributed by atoms with van der Waals surface area (Å²) in [5.41, 5.74) is 9.13. The Morgan fingerprint density at radius 2 is 1.92 bits per heavy atom. The number of halogens is 2. The molecule has 0 saturated heterocycles. The Bertz CT molecular complexity index is 876. The molecule has 0 aliphatic carbocycles. The number of nitrogens with zero attached hydrogens (tertiary/aromatic N) is 2. The lowest BCUT2D eigenvalue weighted by molar-refractivity contribution is -0.666. The van der Waals surface area contributed by atoms with Crippen LogP contribution in [0.3, 0.4) is 0 Å². The third-order valence-corrected chi connectivity index (χ3v) is 4.89. The number of benzene rings is 2. The van der Waals surface area contributed by atoms with E-state index in [2.05, 4.69) is 11.5 Å². The zero-order valence-corrected chi connectivity index (χ0v) is 14.9. The Balaban J connectivity index is 2.00. The summed E-state index contributed by atoms with van der Waals surface area (Å²) in [6.07, 6.45) is 0.256. The van der Waals surface area contributed by atoms with Crippen LogP contribution < -0.4 is 10.3 Å². The maximum Gasteiger partial charge on any atom is 0.356 e. The Hall–Kier alpha value is -1.75. The summed E-state index contributed by atoms with van der Waals surface area (Å²) in [7, 11) is 0. The molecule has 0 aliphatic rings. The van der Waals surface area contributed by atoms with Crippen LogP contribution in [0.25, 0.3) is 11.0 Å². The second-order valence-corrected chi connectivity index (χ2v) is 6.61. The van der Waals surface area contributed by atoms with Crippen molar-refractivity contribution in [2.45, 2.75) is 32.5 Å². The van der Waals surface area contributed by atoms with Gasteiger partial charge in [0.15, 0.2) is 0 Å². The average molecular weight is 365 g/mol. The molecular formula is C18H20Cl2N3O+. The van der Waals surface area contributed by atoms with E-state index in [0.717, 1.165) is 24.0 Å². The van der Waals surface area contributed by atoms with Crippen molar-refractivity contribution in [3.63, 3.8) is 0 Å². The fourth-order valence-corrected chi connectivity index (χ4v) is 3.27. The highest BCUT2D eigenvalue weighted by Crippen LogP contribution is 2.26. The van der Waals surface area contributed by atoms with Gasteiger partial charge in [-0.05, 0) is 36.2 Å². The van der Waals surface area contributed by atoms with Gasteiger partial charge >= 0.3 is 5.95 Å². The van der Waals surface area contributed by atoms with E-state index in [1.54, 1.807) is 18.2 Å². The zero-order chi connectivity index (χ0) is 17.3. The molecule has 1 heterocycles. The van der Waals surface area contributed by atoms with E-state index in [-0.39, 0.29) is 0 Å². The van der Waals surface area contributed by atoms with Crippen molar-refractivity contribution < 1.29 is 9.67 Å². The van der Waals surface area contributed by atoms with E-state index in [0.29, 0.717) is 28.1 Å². The number of aromatic nitrogens is 2. The van der Waals surface area contributed by atoms with E-state index < -0.39 is 6.10 Å². The second-order valence-electron chi connectivity index (χ2n) is 5.80. The standard InChI is InChI=1S/C18H19Cl2N3O/c1-2-9-22-15-5-3-4-6-16(15)23(18(22)21)11-17(24)12-7-8-13(19)14(20)10-12/h3-8,10,17,21,24H,2,9,11H2,1H3/p+1/t17-/m1/s1. The van der Waals surface area contributed by atoms with Gasteiger partial charge in [-0.25, -0.2) is 9.13 Å². The summed E-state index contributed by atoms with van der Waals surface area (Å²) in [6, 6.07) is 13.2. The molecule has 24 heavy (non-hydrogen) atoms. The van der Waals surface area contributed by atoms with E-state index >= 15 is 0 Å². The smallest absolute Gasteiger partial charge is 0.356 e. The molecule has 0 fully saturated rings. The highest BCUT2D eigenvalue weighted by atomic mass is 35.5. The largest absolute Gasteiger partial charge is 0.385 e. The molecule has 0 saturated carbocycles. The van der Waals surface area contributed by atoms with Crippen LogP contribution >= 0.6 is 23.2 Å². The highest BCUT2D eigenvalue weighted by molar-refractivity contribution is 6.42. The lowest BCUT2D eigenvalue weighted by atomic mass is 10.1. The van der Waals surface area contributed by atoms with Crippen molar-refractivity contribution in [3.05, 3.63) is 58.1 Å². The fourth-order valence-electron chi connectivity index (χ4n) is 2.96. The Labute approximate surface area is 151 Å². The maximum atomic E-state index is 10.6. The van der Waals surface area contributed by atoms with Gasteiger partial charge in [0, 0.05) is 0 Å². The first kappa shape index (κ1) is 17.1. The molecule has 3 aromatic rings. The van der Waals surface area contributed by atoms with Crippen molar-refractivity contribution in [1.82, 2.24) is 4.57 Å². The molecule has 3 rings (SSSR count). The van der Waals surface area contributed by atoms with E-state index in [4.69, 9.17) is 28.9 Å². The van der Waals surface area contributed by atoms with E-state index in [1.165, 1.54) is 0 Å². The van der Waals surface area contributed by atoms with Crippen molar-refractivity contribution in [2.24, 2.45) is 0 Å². The molecule has 0 amide bonds. The van der Waals surface area contributed by atoms with Gasteiger partial charge < -0.3 is 5.11 Å². The van der Waals surface area contributed by atoms with E-state index in [1.807, 2.05) is 28.8 Å². The lowest BCUT2D eigenvalue weighted by Crippen LogP contribution is -2.39. The predicted molar refractivity (Wildman–Crippen MR) is 98.3 cm³/mol. The van der Waals surface area contributed by atoms with Crippen LogP contribution in [0, 0.1) is 0 Å². The first-order chi connectivity index (χ1) is 11.5. The van der Waals surface area contributed by atoms with Crippen LogP contribution in [0.1, 0.15) is 25.0 Å². The Morgan fingerprint density at radius 3 is 2.62 bits per heavy atom. The molecule has 4 nitrogen and oxygen atoms in total. The van der Waals surface area contributed by atoms with Crippen molar-refractivity contribution in [2.75, 3.05) is 5.73 Å². The van der Waals surface area contributed by atoms with Gasteiger partial charge in [0.25, 0.3) is 0 Å². The maximum absolute atomic E-state index is 10.6. The molecular weight excluding hydrogens is 345 g/mol. The van der Waals surface area contributed by atoms with Gasteiger partial charge in [-0.1, -0.05) is 48.3 Å². The number of rotatable bonds is 5. The number of aliphatic hydroxyl groups excluding tert-OH is 1. The SMILES string of the molecule is CCCn1c(N)[n+](C[C@@H](O)c2ccc(Cl)c(Cl)c2)c2ccccc21. The number of hydrogen-bond acceptors (Lipinski definition) is 2. The monoisotopic (exact) mass is 364 g/mol. The zero-order valence-electron chi connectivity index (χ0n) is 13.4. The third-order valence-electron chi connectivity index (χ3n) is 4.15. The molecule has 6 heteroatoms. The number of para-hydroxylation sites is 2. The molecule has 2 aromatic carbocycles. The van der Waals surface area contributed by atoms with Gasteiger partial charge in [0.05, 0.1) is 16.6 Å². The van der Waals surface area contributed by atoms with Gasteiger partial charge in [-0.3, -0.25) is 5.73 Å². The van der Waals surface area contributed by atoms with Crippen LogP contribution in [-0.4, -0.2) is 9.67 Å². The summed E-state index contributed by atoms with van der Waals surface area (Å²) in [5, 5.41) is 11.5. The molecule has 1 aromatic heterocycles. The number of imidazole rings is 1. The molecule has 0 unspecified atom stereocenters. The quantitative estimate of drug-likeness (QED) is 0.673. The first-order valence-electron chi connectivity index (χ1n) is 7.92. The van der Waals surface area contributed by atoms with Crippen molar-refractivity contribution in [3.8, 4) is 0 Å². The summed E-state index contributed by atoms with van der Waals surface area (Å²) in [4.78, 5) is 0. The minimum atomic E-state index is -0.729. The number of aryl methyl sites for hydroxylation is 1. The minimum Gasteiger partial charge on any atom is -0.385 e. The third kappa shape index (κ3) is 3.09. The van der Waals surface area contributed by atoms with Crippen molar-refractivity contribution in [1.29, 1.82) is 0 Å². The number of anilines is 1. The Morgan fingerprint density at radius 1 is 1.17 bits per heavy atom. The van der Waals surface area contributed by atoms with Crippen LogP contribution in [-0.2, 0) is 13.1 Å². The lowest BCUT2D eigenvalue weighted by Gasteiger charge is -2.11. The second kappa shape index (κ2) is 7.01. The van der Waals surface area contributed by atoms with E-state index in [9.17, 15) is 5.11 Å². The molecule has 0 aliphatic heterocycles. The number of hydrogen-bond donors (Lipinski definition) is 2. The number of aliphatic hydroxyl groups is 1. The van der Waals surface area contributed by atoms with Crippen LogP contribution in [0.4, 0.5) is 5.95 Å². The van der Waals surface area contributed by atoms with Gasteiger partial charge in [-0.15, -0.1) is 0 Å². The topological polar surface area (TPSA) is 55.1 Å². The average Bonchev–Trinajstić information content (AvgIpc) is 2.83. The summed E-state index contributed by atoms with van der Waals surface area (Å²) >= 11 is 12.0. The first-order valence-corrected chi connectivity index (χ1v) is 8.68. The summed E-state index contributed by atoms with van der Waals surface area (Å²) in [5.74, 6) is 0.636.